The maximum atomic E-state index is 8.14. The van der Waals surface area contributed by atoms with Crippen molar-refractivity contribution < 1.29 is 63.9 Å². The van der Waals surface area contributed by atoms with Crippen LogP contribution in [0.15, 0.2) is 0 Å². The molecule has 0 rings (SSSR count). The Balaban J connectivity index is -0.0000000293. The van der Waals surface area contributed by atoms with Gasteiger partial charge in [0.2, 0.25) is 0 Å². The minimum absolute atomic E-state index is 0. The molecule has 0 spiro atoms. The summed E-state index contributed by atoms with van der Waals surface area (Å²) in [6.45, 7) is 48.0. The molecule has 0 aromatic heterocycles. The molecule has 4 nitrogen and oxygen atoms in total. The van der Waals surface area contributed by atoms with E-state index in [-0.39, 0.29) is 43.4 Å². The summed E-state index contributed by atoms with van der Waals surface area (Å²) in [7, 11) is 0. The maximum Gasteiger partial charge on any atom is 4.00 e. The van der Waals surface area contributed by atoms with Crippen LogP contribution in [0.1, 0.15) is 111 Å². The van der Waals surface area contributed by atoms with E-state index in [1.165, 1.54) is 0 Å². The van der Waals surface area contributed by atoms with Gasteiger partial charge in [-0.15, -0.1) is 0 Å². The average molecular weight is 621 g/mol. The van der Waals surface area contributed by atoms with E-state index in [9.17, 15) is 0 Å². The van der Waals surface area contributed by atoms with E-state index in [0.29, 0.717) is 73.8 Å². The van der Waals surface area contributed by atoms with Crippen molar-refractivity contribution in [3.8, 4) is 0 Å². The molecular formula is C32H76O4Ti2. The predicted molar refractivity (Wildman–Crippen MR) is 168 cm³/mol. The molecule has 0 aliphatic rings. The third kappa shape index (κ3) is 571. The molecule has 0 bridgehead atoms. The van der Waals surface area contributed by atoms with E-state index in [1.54, 1.807) is 0 Å². The average Bonchev–Trinajstić information content (AvgIpc) is 2.67. The van der Waals surface area contributed by atoms with Gasteiger partial charge in [-0.1, -0.05) is 111 Å². The van der Waals surface area contributed by atoms with Gasteiger partial charge in [-0.3, -0.25) is 0 Å². The molecule has 0 radical (unpaired) electrons. The molecule has 0 saturated carbocycles. The van der Waals surface area contributed by atoms with Crippen LogP contribution >= 0.6 is 0 Å². The summed E-state index contributed by atoms with van der Waals surface area (Å²) in [6, 6.07) is 0. The molecule has 0 unspecified atom stereocenters. The molecule has 0 aliphatic carbocycles. The van der Waals surface area contributed by atoms with Crippen molar-refractivity contribution in [1.82, 2.24) is 0 Å². The maximum absolute atomic E-state index is 8.14. The number of aliphatic hydroxyl groups excluding tert-OH is 4. The van der Waals surface area contributed by atoms with E-state index < -0.39 is 0 Å². The second-order valence-electron chi connectivity index (χ2n) is 11.9. The first kappa shape index (κ1) is 67.1. The molecule has 0 aromatic carbocycles. The van der Waals surface area contributed by atoms with Crippen molar-refractivity contribution in [3.05, 3.63) is 27.7 Å². The van der Waals surface area contributed by atoms with Crippen LogP contribution < -0.4 is 0 Å². The summed E-state index contributed by atoms with van der Waals surface area (Å²) in [4.78, 5) is 0. The van der Waals surface area contributed by atoms with Gasteiger partial charge >= 0.3 is 21.7 Å². The van der Waals surface area contributed by atoms with E-state index in [4.69, 9.17) is 20.4 Å². The number of hydrogen-bond acceptors (Lipinski definition) is 4. The third-order valence-corrected chi connectivity index (χ3v) is 1.46. The van der Waals surface area contributed by atoms with Crippen LogP contribution in [-0.2, 0) is 43.4 Å². The van der Waals surface area contributed by atoms with Gasteiger partial charge in [-0.05, 0) is 23.7 Å². The summed E-state index contributed by atoms with van der Waals surface area (Å²) in [5.41, 5.74) is 0. The molecule has 4 N–H and O–H groups in total. The Morgan fingerprint density at radius 2 is 0.368 bits per heavy atom. The van der Waals surface area contributed by atoms with Crippen molar-refractivity contribution >= 4 is 0 Å². The zero-order valence-corrected chi connectivity index (χ0v) is 32.2. The quantitative estimate of drug-likeness (QED) is 0.188. The van der Waals surface area contributed by atoms with E-state index in [2.05, 4.69) is 83.1 Å². The van der Waals surface area contributed by atoms with Crippen molar-refractivity contribution in [2.75, 3.05) is 26.4 Å². The minimum atomic E-state index is 0. The van der Waals surface area contributed by atoms with Crippen molar-refractivity contribution in [2.24, 2.45) is 47.3 Å². The molecule has 6 heteroatoms. The van der Waals surface area contributed by atoms with Crippen molar-refractivity contribution in [3.63, 3.8) is 0 Å². The van der Waals surface area contributed by atoms with Crippen molar-refractivity contribution in [2.45, 2.75) is 111 Å². The molecule has 0 amide bonds. The van der Waals surface area contributed by atoms with E-state index >= 15 is 0 Å². The predicted octanol–water partition coefficient (Wildman–Crippen LogP) is 8.44. The summed E-state index contributed by atoms with van der Waals surface area (Å²) in [5.74, 6) is 4.09. The Morgan fingerprint density at radius 3 is 0.368 bits per heavy atom. The Labute approximate surface area is 274 Å². The Kier molecular flexibility index (Phi) is 110. The molecule has 0 atom stereocenters. The Morgan fingerprint density at radius 1 is 0.342 bits per heavy atom. The van der Waals surface area contributed by atoms with Crippen LogP contribution in [0.4, 0.5) is 0 Å². The van der Waals surface area contributed by atoms with Crippen LogP contribution in [0.5, 0.6) is 0 Å². The second-order valence-corrected chi connectivity index (χ2v) is 11.9. The fourth-order valence-corrected chi connectivity index (χ4v) is 0. The first-order valence-corrected chi connectivity index (χ1v) is 13.8. The fourth-order valence-electron chi connectivity index (χ4n) is 0. The van der Waals surface area contributed by atoms with Gasteiger partial charge < -0.3 is 48.1 Å². The molecule has 0 heterocycles. The van der Waals surface area contributed by atoms with Crippen LogP contribution in [-0.4, -0.2) is 46.9 Å². The van der Waals surface area contributed by atoms with Gasteiger partial charge in [0.25, 0.3) is 0 Å². The van der Waals surface area contributed by atoms with Crippen LogP contribution in [0.25, 0.3) is 0 Å². The Hall–Kier alpha value is 1.27. The molecule has 38 heavy (non-hydrogen) atoms. The van der Waals surface area contributed by atoms with Gasteiger partial charge in [0.15, 0.2) is 0 Å². The van der Waals surface area contributed by atoms with Crippen LogP contribution in [0.2, 0.25) is 0 Å². The van der Waals surface area contributed by atoms with Gasteiger partial charge in [0, 0.05) is 48.1 Å². The summed E-state index contributed by atoms with van der Waals surface area (Å²) < 4.78 is 0. The monoisotopic (exact) mass is 620 g/mol. The first-order valence-electron chi connectivity index (χ1n) is 13.8. The van der Waals surface area contributed by atoms with E-state index in [1.807, 2.05) is 55.4 Å². The fraction of sp³-hybridized carbons (Fsp3) is 0.875. The molecule has 0 saturated heterocycles. The van der Waals surface area contributed by atoms with Crippen molar-refractivity contribution in [1.29, 1.82) is 0 Å². The SMILES string of the molecule is CC(C)CO.CC(C)CO.CC(C)CO.CC(C)CO.[CH2-]C(C)C.[CH2-]C(C)C.[CH2-]C(C)C.[CH2-]C(C)C.[Ti+4].[Ti]. The first-order chi connectivity index (χ1) is 16.0. The number of hydrogen-bond donors (Lipinski definition) is 4. The Bertz CT molecular complexity index is 216. The van der Waals surface area contributed by atoms with Crippen LogP contribution in [0.3, 0.4) is 0 Å². The van der Waals surface area contributed by atoms with Gasteiger partial charge in [-0.25, -0.2) is 0 Å². The topological polar surface area (TPSA) is 80.9 Å². The standard InChI is InChI=1S/4C4H10O.4C4H9.2Ti/c4*1-4(2)3-5;4*1-4(2)3;;/h4*4-5H,3H2,1-2H3;4*4H,1H2,2-3H3;;/q;;;;4*-1;;+4. The van der Waals surface area contributed by atoms with E-state index in [0.717, 1.165) is 0 Å². The second kappa shape index (κ2) is 62.0. The summed E-state index contributed by atoms with van der Waals surface area (Å²) >= 11 is 0. The number of rotatable bonds is 4. The molecule has 0 aromatic rings. The normalized spacial score (nSPS) is 8.84. The smallest absolute Gasteiger partial charge is 0.396 e. The molecule has 0 aliphatic heterocycles. The third-order valence-electron chi connectivity index (χ3n) is 1.46. The van der Waals surface area contributed by atoms with Gasteiger partial charge in [0.05, 0.1) is 0 Å². The molecule has 0 fully saturated rings. The van der Waals surface area contributed by atoms with Gasteiger partial charge in [-0.2, -0.15) is 23.7 Å². The van der Waals surface area contributed by atoms with Gasteiger partial charge in [0.1, 0.15) is 0 Å². The van der Waals surface area contributed by atoms with Crippen LogP contribution in [0, 0.1) is 75.0 Å². The zero-order chi connectivity index (χ0) is 31.4. The largest absolute Gasteiger partial charge is 4.00 e. The number of aliphatic hydroxyl groups is 4. The minimum Gasteiger partial charge on any atom is -0.396 e. The molecular weight excluding hydrogens is 544 g/mol. The zero-order valence-electron chi connectivity index (χ0n) is 29.1. The summed E-state index contributed by atoms with van der Waals surface area (Å²) in [5, 5.41) is 32.6. The summed E-state index contributed by atoms with van der Waals surface area (Å²) in [6.07, 6.45) is 0. The molecule has 236 valence electrons.